The Morgan fingerprint density at radius 2 is 1.69 bits per heavy atom. The molecule has 1 heterocycles. The fourth-order valence-corrected chi connectivity index (χ4v) is 3.89. The molecule has 0 radical (unpaired) electrons. The normalized spacial score (nSPS) is 30.9. The highest BCUT2D eigenvalue weighted by atomic mass is 19.4. The van der Waals surface area contributed by atoms with Crippen molar-refractivity contribution in [3.63, 3.8) is 0 Å². The van der Waals surface area contributed by atoms with Crippen molar-refractivity contribution in [3.8, 4) is 0 Å². The minimum absolute atomic E-state index is 0.211. The molecule has 0 aromatic carbocycles. The summed E-state index contributed by atoms with van der Waals surface area (Å²) in [6.45, 7) is 6.68. The Morgan fingerprint density at radius 3 is 2.14 bits per heavy atom. The van der Waals surface area contributed by atoms with Crippen molar-refractivity contribution in [1.29, 1.82) is 0 Å². The molecule has 0 bridgehead atoms. The molecule has 1 saturated heterocycles. The minimum atomic E-state index is -5.55. The molecule has 0 aromatic rings. The fourth-order valence-electron chi connectivity index (χ4n) is 3.89. The molecule has 2 atom stereocenters. The van der Waals surface area contributed by atoms with Gasteiger partial charge < -0.3 is 14.2 Å². The van der Waals surface area contributed by atoms with Gasteiger partial charge in [0.15, 0.2) is 0 Å². The van der Waals surface area contributed by atoms with Crippen molar-refractivity contribution >= 4 is 5.97 Å². The lowest BCUT2D eigenvalue weighted by Crippen LogP contribution is -2.69. The summed E-state index contributed by atoms with van der Waals surface area (Å²) in [5, 5.41) is 0. The molecular formula is C20H29F5O4. The van der Waals surface area contributed by atoms with Gasteiger partial charge >= 0.3 is 23.9 Å². The second-order valence-electron chi connectivity index (χ2n) is 9.04. The third-order valence-electron chi connectivity index (χ3n) is 5.85. The predicted molar refractivity (Wildman–Crippen MR) is 95.3 cm³/mol. The maximum atomic E-state index is 15.7. The van der Waals surface area contributed by atoms with Gasteiger partial charge in [-0.15, -0.1) is 0 Å². The van der Waals surface area contributed by atoms with Gasteiger partial charge in [0.25, 0.3) is 0 Å². The highest BCUT2D eigenvalue weighted by Crippen LogP contribution is 2.61. The van der Waals surface area contributed by atoms with E-state index in [-0.39, 0.29) is 11.5 Å². The zero-order chi connectivity index (χ0) is 22.3. The van der Waals surface area contributed by atoms with Crippen molar-refractivity contribution in [2.24, 2.45) is 11.3 Å². The van der Waals surface area contributed by atoms with Crippen LogP contribution in [0.4, 0.5) is 22.0 Å². The molecule has 0 N–H and O–H groups in total. The number of esters is 1. The van der Waals surface area contributed by atoms with Gasteiger partial charge in [-0.25, -0.2) is 4.79 Å². The van der Waals surface area contributed by atoms with Crippen LogP contribution in [0.1, 0.15) is 59.8 Å². The third-order valence-corrected chi connectivity index (χ3v) is 5.85. The van der Waals surface area contributed by atoms with Crippen LogP contribution in [0.3, 0.4) is 0 Å². The van der Waals surface area contributed by atoms with Crippen LogP contribution in [0.2, 0.25) is 0 Å². The first-order valence-corrected chi connectivity index (χ1v) is 9.72. The van der Waals surface area contributed by atoms with Gasteiger partial charge in [-0.05, 0) is 25.7 Å². The van der Waals surface area contributed by atoms with Crippen molar-refractivity contribution in [2.45, 2.75) is 83.3 Å². The summed E-state index contributed by atoms with van der Waals surface area (Å²) in [5.74, 6) is -10.4. The second-order valence-corrected chi connectivity index (χ2v) is 9.04. The summed E-state index contributed by atoms with van der Waals surface area (Å²) in [4.78, 5) is 12.1. The van der Waals surface area contributed by atoms with E-state index in [1.165, 1.54) is 27.7 Å². The number of ether oxygens (including phenoxy) is 3. The monoisotopic (exact) mass is 428 g/mol. The lowest BCUT2D eigenvalue weighted by Gasteiger charge is -2.46. The molecule has 29 heavy (non-hydrogen) atoms. The average Bonchev–Trinajstić information content (AvgIpc) is 2.82. The Balaban J connectivity index is 2.47. The number of halogens is 5. The summed E-state index contributed by atoms with van der Waals surface area (Å²) in [7, 11) is 0. The molecule has 1 saturated carbocycles. The molecule has 9 heteroatoms. The number of rotatable bonds is 5. The van der Waals surface area contributed by atoms with Crippen LogP contribution in [-0.2, 0) is 19.0 Å². The second kappa shape index (κ2) is 7.80. The Morgan fingerprint density at radius 1 is 1.14 bits per heavy atom. The minimum Gasteiger partial charge on any atom is -0.446 e. The van der Waals surface area contributed by atoms with E-state index in [0.717, 1.165) is 19.3 Å². The summed E-state index contributed by atoms with van der Waals surface area (Å²) in [6.07, 6.45) is -1.76. The van der Waals surface area contributed by atoms with Gasteiger partial charge in [0.1, 0.15) is 0 Å². The van der Waals surface area contributed by atoms with Gasteiger partial charge in [-0.1, -0.05) is 46.6 Å². The summed E-state index contributed by atoms with van der Waals surface area (Å²) in [6, 6.07) is 0. The summed E-state index contributed by atoms with van der Waals surface area (Å²) >= 11 is 0. The first-order valence-electron chi connectivity index (χ1n) is 9.72. The zero-order valence-corrected chi connectivity index (χ0v) is 17.3. The lowest BCUT2D eigenvalue weighted by atomic mass is 9.71. The van der Waals surface area contributed by atoms with Crippen LogP contribution >= 0.6 is 0 Å². The van der Waals surface area contributed by atoms with Crippen molar-refractivity contribution < 1.29 is 41.0 Å². The maximum Gasteiger partial charge on any atom is 0.450 e. The molecule has 0 spiro atoms. The SMILES string of the molecule is C=C(C)C(=O)OC1(C(C)(C)C)COC(OCC2CCCCC2)(C(F)(F)F)C1(F)F. The van der Waals surface area contributed by atoms with Gasteiger partial charge in [-0.3, -0.25) is 0 Å². The lowest BCUT2D eigenvalue weighted by molar-refractivity contribution is -0.428. The van der Waals surface area contributed by atoms with E-state index in [9.17, 15) is 18.0 Å². The zero-order valence-electron chi connectivity index (χ0n) is 17.3. The van der Waals surface area contributed by atoms with Crippen LogP contribution < -0.4 is 0 Å². The first-order chi connectivity index (χ1) is 13.1. The number of hydrogen-bond donors (Lipinski definition) is 0. The van der Waals surface area contributed by atoms with Crippen LogP contribution in [0.5, 0.6) is 0 Å². The van der Waals surface area contributed by atoms with Crippen molar-refractivity contribution in [2.75, 3.05) is 13.2 Å². The standard InChI is InChI=1S/C20H29F5O4/c1-13(2)15(26)29-17(16(3,4)5)12-28-19(18(17,21)22,20(23,24)25)27-11-14-9-7-6-8-10-14/h14H,1,6-12H2,2-5H3. The summed E-state index contributed by atoms with van der Waals surface area (Å²) in [5.41, 5.74) is -4.70. The highest BCUT2D eigenvalue weighted by molar-refractivity contribution is 5.87. The molecule has 2 unspecified atom stereocenters. The van der Waals surface area contributed by atoms with E-state index in [1.54, 1.807) is 0 Å². The molecule has 2 fully saturated rings. The van der Waals surface area contributed by atoms with E-state index in [0.29, 0.717) is 12.8 Å². The van der Waals surface area contributed by atoms with Crippen LogP contribution in [-0.4, -0.2) is 42.7 Å². The number of carbonyl (C=O) groups is 1. The smallest absolute Gasteiger partial charge is 0.446 e. The van der Waals surface area contributed by atoms with Gasteiger partial charge in [0, 0.05) is 11.0 Å². The molecule has 4 nitrogen and oxygen atoms in total. The Bertz CT molecular complexity index is 634. The number of carbonyl (C=O) groups excluding carboxylic acids is 1. The average molecular weight is 428 g/mol. The van der Waals surface area contributed by atoms with E-state index in [4.69, 9.17) is 14.2 Å². The molecule has 0 amide bonds. The quantitative estimate of drug-likeness (QED) is 0.334. The Hall–Kier alpha value is -1.22. The van der Waals surface area contributed by atoms with Gasteiger partial charge in [0.2, 0.25) is 5.60 Å². The van der Waals surface area contributed by atoms with Gasteiger partial charge in [0.05, 0.1) is 13.2 Å². The Kier molecular flexibility index (Phi) is 6.47. The molecule has 2 aliphatic rings. The van der Waals surface area contributed by atoms with Crippen LogP contribution in [0.15, 0.2) is 12.2 Å². The molecular weight excluding hydrogens is 399 g/mol. The van der Waals surface area contributed by atoms with E-state index in [2.05, 4.69) is 6.58 Å². The first kappa shape index (κ1) is 24.1. The maximum absolute atomic E-state index is 15.7. The van der Waals surface area contributed by atoms with Crippen LogP contribution in [0.25, 0.3) is 0 Å². The largest absolute Gasteiger partial charge is 0.450 e. The molecule has 1 aliphatic carbocycles. The van der Waals surface area contributed by atoms with E-state index < -0.39 is 48.1 Å². The number of hydrogen-bond acceptors (Lipinski definition) is 4. The molecule has 2 rings (SSSR count). The molecule has 168 valence electrons. The highest BCUT2D eigenvalue weighted by Gasteiger charge is 2.87. The molecule has 1 aliphatic heterocycles. The van der Waals surface area contributed by atoms with Crippen LogP contribution in [0, 0.1) is 11.3 Å². The number of alkyl halides is 5. The topological polar surface area (TPSA) is 44.8 Å². The molecule has 0 aromatic heterocycles. The fraction of sp³-hybridized carbons (Fsp3) is 0.850. The van der Waals surface area contributed by atoms with Crippen molar-refractivity contribution in [3.05, 3.63) is 12.2 Å². The van der Waals surface area contributed by atoms with E-state index >= 15 is 8.78 Å². The van der Waals surface area contributed by atoms with E-state index in [1.807, 2.05) is 0 Å². The Labute approximate surface area is 167 Å². The van der Waals surface area contributed by atoms with Gasteiger partial charge in [-0.2, -0.15) is 22.0 Å². The summed E-state index contributed by atoms with van der Waals surface area (Å²) < 4.78 is 88.0. The van der Waals surface area contributed by atoms with Crippen molar-refractivity contribution in [1.82, 2.24) is 0 Å². The third kappa shape index (κ3) is 3.92. The predicted octanol–water partition coefficient (Wildman–Crippen LogP) is 5.41.